The van der Waals surface area contributed by atoms with Gasteiger partial charge in [-0.05, 0) is 30.2 Å². The van der Waals surface area contributed by atoms with Crippen molar-refractivity contribution in [2.75, 3.05) is 5.06 Å². The molecule has 1 aliphatic rings. The number of hydrogen-bond donors (Lipinski definition) is 0. The third-order valence-corrected chi connectivity index (χ3v) is 5.91. The van der Waals surface area contributed by atoms with E-state index in [0.717, 1.165) is 32.7 Å². The van der Waals surface area contributed by atoms with Gasteiger partial charge >= 0.3 is 0 Å². The fourth-order valence-corrected chi connectivity index (χ4v) is 4.07. The summed E-state index contributed by atoms with van der Waals surface area (Å²) in [6, 6.07) is 30.5. The fourth-order valence-electron chi connectivity index (χ4n) is 3.81. The molecule has 0 bridgehead atoms. The van der Waals surface area contributed by atoms with Crippen molar-refractivity contribution in [3.8, 4) is 11.4 Å². The first-order valence-corrected chi connectivity index (χ1v) is 11.3. The molecule has 32 heavy (non-hydrogen) atoms. The molecule has 1 aromatic heterocycles. The average molecular weight is 484 g/mol. The van der Waals surface area contributed by atoms with Gasteiger partial charge in [0.25, 0.3) is 0 Å². The summed E-state index contributed by atoms with van der Waals surface area (Å²) in [4.78, 5) is 16.1. The van der Waals surface area contributed by atoms with Crippen LogP contribution in [0.15, 0.2) is 108 Å². The first kappa shape index (κ1) is 20.6. The van der Waals surface area contributed by atoms with E-state index < -0.39 is 0 Å². The Balaban J connectivity index is 1.58. The lowest BCUT2D eigenvalue weighted by Gasteiger charge is -2.36. The Morgan fingerprint density at radius 3 is 2.12 bits per heavy atom. The van der Waals surface area contributed by atoms with Gasteiger partial charge in [0.15, 0.2) is 11.6 Å². The third-order valence-electron chi connectivity index (χ3n) is 5.39. The number of nitrogens with zero attached hydrogens (tertiary/aromatic N) is 3. The van der Waals surface area contributed by atoms with Crippen LogP contribution in [-0.2, 0) is 4.84 Å². The zero-order chi connectivity index (χ0) is 21.9. The number of hydroxylamine groups is 1. The van der Waals surface area contributed by atoms with Crippen molar-refractivity contribution in [1.29, 1.82) is 0 Å². The molecule has 5 heteroatoms. The van der Waals surface area contributed by atoms with Gasteiger partial charge in [-0.2, -0.15) is 0 Å². The Kier molecular flexibility index (Phi) is 5.84. The van der Waals surface area contributed by atoms with Crippen LogP contribution in [0.1, 0.15) is 29.0 Å². The highest BCUT2D eigenvalue weighted by molar-refractivity contribution is 9.10. The van der Waals surface area contributed by atoms with Crippen LogP contribution in [-0.4, -0.2) is 9.97 Å². The minimum atomic E-state index is -0.192. The maximum Gasteiger partial charge on any atom is 0.161 e. The molecule has 158 valence electrons. The maximum absolute atomic E-state index is 6.54. The standard InChI is InChI=1S/C27H22BrN3O/c1-19-18-26(30-27(29-19)22-12-14-23(28)15-13-22)31-24(20-8-4-2-5-9-20)16-17-25(32-31)21-10-6-3-7-11-21/h2-18,24-25H,1H3/t24-,25-/m1/s1. The molecule has 0 saturated carbocycles. The van der Waals surface area contributed by atoms with Gasteiger partial charge in [-0.25, -0.2) is 15.0 Å². The molecule has 0 N–H and O–H groups in total. The molecule has 0 unspecified atom stereocenters. The van der Waals surface area contributed by atoms with E-state index in [0.29, 0.717) is 5.82 Å². The third kappa shape index (κ3) is 4.35. The lowest BCUT2D eigenvalue weighted by Crippen LogP contribution is -2.33. The number of aromatic nitrogens is 2. The summed E-state index contributed by atoms with van der Waals surface area (Å²) in [7, 11) is 0. The second kappa shape index (κ2) is 9.07. The highest BCUT2D eigenvalue weighted by Gasteiger charge is 2.29. The molecule has 0 fully saturated rings. The minimum Gasteiger partial charge on any atom is -0.259 e. The second-order valence-electron chi connectivity index (χ2n) is 7.70. The van der Waals surface area contributed by atoms with Gasteiger partial charge in [0.05, 0.1) is 0 Å². The van der Waals surface area contributed by atoms with E-state index in [4.69, 9.17) is 9.82 Å². The summed E-state index contributed by atoms with van der Waals surface area (Å²) in [6.07, 6.45) is 4.11. The lowest BCUT2D eigenvalue weighted by atomic mass is 10.0. The number of halogens is 1. The number of anilines is 1. The van der Waals surface area contributed by atoms with Crippen molar-refractivity contribution in [3.05, 3.63) is 124 Å². The quantitative estimate of drug-likeness (QED) is 0.292. The average Bonchev–Trinajstić information content (AvgIpc) is 2.85. The van der Waals surface area contributed by atoms with E-state index in [-0.39, 0.29) is 12.1 Å². The Morgan fingerprint density at radius 2 is 1.44 bits per heavy atom. The van der Waals surface area contributed by atoms with E-state index in [2.05, 4.69) is 57.3 Å². The molecule has 2 atom stereocenters. The van der Waals surface area contributed by atoms with Crippen LogP contribution in [0.3, 0.4) is 0 Å². The van der Waals surface area contributed by atoms with Crippen molar-refractivity contribution in [3.63, 3.8) is 0 Å². The van der Waals surface area contributed by atoms with Crippen LogP contribution in [0, 0.1) is 6.92 Å². The topological polar surface area (TPSA) is 38.2 Å². The van der Waals surface area contributed by atoms with Gasteiger partial charge in [0.2, 0.25) is 0 Å². The minimum absolute atomic E-state index is 0.0942. The molecule has 0 spiro atoms. The molecule has 0 amide bonds. The Hall–Kier alpha value is -3.28. The summed E-state index contributed by atoms with van der Waals surface area (Å²) in [5.74, 6) is 1.41. The highest BCUT2D eigenvalue weighted by Crippen LogP contribution is 2.37. The molecule has 0 saturated heterocycles. The predicted octanol–water partition coefficient (Wildman–Crippen LogP) is 7.00. The smallest absolute Gasteiger partial charge is 0.161 e. The number of hydrogen-bond acceptors (Lipinski definition) is 4. The molecule has 2 heterocycles. The second-order valence-corrected chi connectivity index (χ2v) is 8.62. The fraction of sp³-hybridized carbons (Fsp3) is 0.111. The largest absolute Gasteiger partial charge is 0.259 e. The Bertz CT molecular complexity index is 1230. The van der Waals surface area contributed by atoms with E-state index >= 15 is 0 Å². The summed E-state index contributed by atoms with van der Waals surface area (Å²) in [5, 5.41) is 1.91. The van der Waals surface area contributed by atoms with Gasteiger partial charge < -0.3 is 0 Å². The maximum atomic E-state index is 6.54. The summed E-state index contributed by atoms with van der Waals surface area (Å²) < 4.78 is 1.02. The summed E-state index contributed by atoms with van der Waals surface area (Å²) >= 11 is 3.50. The molecule has 0 radical (unpaired) electrons. The predicted molar refractivity (Wildman–Crippen MR) is 131 cm³/mol. The van der Waals surface area contributed by atoms with E-state index in [9.17, 15) is 0 Å². The summed E-state index contributed by atoms with van der Waals surface area (Å²) in [6.45, 7) is 1.99. The lowest BCUT2D eigenvalue weighted by molar-refractivity contribution is 0.0386. The van der Waals surface area contributed by atoms with Crippen LogP contribution in [0.5, 0.6) is 0 Å². The zero-order valence-corrected chi connectivity index (χ0v) is 19.2. The Labute approximate surface area is 196 Å². The number of benzene rings is 3. The molecule has 1 aliphatic heterocycles. The highest BCUT2D eigenvalue weighted by atomic mass is 79.9. The van der Waals surface area contributed by atoms with Gasteiger partial charge in [-0.3, -0.25) is 4.84 Å². The van der Waals surface area contributed by atoms with Crippen molar-refractivity contribution in [2.24, 2.45) is 0 Å². The van der Waals surface area contributed by atoms with Crippen LogP contribution in [0.4, 0.5) is 5.82 Å². The van der Waals surface area contributed by atoms with Gasteiger partial charge in [-0.15, -0.1) is 0 Å². The van der Waals surface area contributed by atoms with Crippen LogP contribution < -0.4 is 5.06 Å². The molecule has 4 nitrogen and oxygen atoms in total. The van der Waals surface area contributed by atoms with E-state index in [1.54, 1.807) is 0 Å². The molecular formula is C27H22BrN3O. The van der Waals surface area contributed by atoms with Crippen molar-refractivity contribution in [1.82, 2.24) is 9.97 Å². The van der Waals surface area contributed by atoms with Gasteiger partial charge in [0, 0.05) is 21.8 Å². The van der Waals surface area contributed by atoms with E-state index in [1.165, 1.54) is 0 Å². The molecule has 0 aliphatic carbocycles. The molecular weight excluding hydrogens is 462 g/mol. The normalized spacial score (nSPS) is 18.0. The van der Waals surface area contributed by atoms with Crippen molar-refractivity contribution >= 4 is 21.7 Å². The summed E-state index contributed by atoms with van der Waals surface area (Å²) in [5.41, 5.74) is 4.08. The molecule has 5 rings (SSSR count). The van der Waals surface area contributed by atoms with E-state index in [1.807, 2.05) is 78.7 Å². The van der Waals surface area contributed by atoms with Gasteiger partial charge in [-0.1, -0.05) is 101 Å². The zero-order valence-electron chi connectivity index (χ0n) is 17.6. The first-order chi connectivity index (χ1) is 15.7. The van der Waals surface area contributed by atoms with Crippen LogP contribution in [0.2, 0.25) is 0 Å². The van der Waals surface area contributed by atoms with Gasteiger partial charge in [0.1, 0.15) is 12.1 Å². The monoisotopic (exact) mass is 483 g/mol. The molecule has 3 aromatic carbocycles. The number of aryl methyl sites for hydroxylation is 1. The van der Waals surface area contributed by atoms with Crippen LogP contribution in [0.25, 0.3) is 11.4 Å². The van der Waals surface area contributed by atoms with Crippen molar-refractivity contribution in [2.45, 2.75) is 19.1 Å². The van der Waals surface area contributed by atoms with Crippen molar-refractivity contribution < 1.29 is 4.84 Å². The Morgan fingerprint density at radius 1 is 0.781 bits per heavy atom. The first-order valence-electron chi connectivity index (χ1n) is 10.5. The van der Waals surface area contributed by atoms with Crippen LogP contribution >= 0.6 is 15.9 Å². The molecule has 4 aromatic rings. The SMILES string of the molecule is Cc1cc(N2O[C@@H](c3ccccc3)C=C[C@@H]2c2ccccc2)nc(-c2ccc(Br)cc2)n1. The number of rotatable bonds is 4.